The van der Waals surface area contributed by atoms with E-state index in [4.69, 9.17) is 17.0 Å². The molecule has 7 heteroatoms. The minimum absolute atomic E-state index is 0.0469. The van der Waals surface area contributed by atoms with Gasteiger partial charge in [0.1, 0.15) is 5.82 Å². The topological polar surface area (TPSA) is 42.3 Å². The zero-order chi connectivity index (χ0) is 20.2. The lowest BCUT2D eigenvalue weighted by Crippen LogP contribution is -2.32. The number of hydrogen-bond donors (Lipinski definition) is 1. The van der Waals surface area contributed by atoms with Crippen molar-refractivity contribution in [3.05, 3.63) is 84.2 Å². The molecular weight excluding hydrogens is 387 g/mol. The van der Waals surface area contributed by atoms with Gasteiger partial charge < -0.3 is 19.5 Å². The molecule has 0 spiro atoms. The van der Waals surface area contributed by atoms with E-state index < -0.39 is 0 Å². The predicted octanol–water partition coefficient (Wildman–Crippen LogP) is 4.02. The highest BCUT2D eigenvalue weighted by molar-refractivity contribution is 7.80. The van der Waals surface area contributed by atoms with E-state index in [2.05, 4.69) is 25.8 Å². The van der Waals surface area contributed by atoms with Gasteiger partial charge in [0, 0.05) is 44.0 Å². The average molecular weight is 411 g/mol. The molecule has 0 saturated carbocycles. The molecule has 1 aliphatic heterocycles. The van der Waals surface area contributed by atoms with E-state index in [-0.39, 0.29) is 17.9 Å². The molecule has 0 unspecified atom stereocenters. The molecule has 1 fully saturated rings. The maximum Gasteiger partial charge on any atom is 0.170 e. The zero-order valence-corrected chi connectivity index (χ0v) is 17.0. The summed E-state index contributed by atoms with van der Waals surface area (Å²) in [5, 5.41) is 4.16. The number of pyridine rings is 1. The van der Waals surface area contributed by atoms with Crippen LogP contribution in [0.3, 0.4) is 0 Å². The summed E-state index contributed by atoms with van der Waals surface area (Å²) in [5.41, 5.74) is 2.90. The quantitative estimate of drug-likeness (QED) is 0.471. The minimum atomic E-state index is -0.251. The van der Waals surface area contributed by atoms with Crippen molar-refractivity contribution in [3.8, 4) is 5.69 Å². The molecule has 3 aromatic rings. The first-order chi connectivity index (χ1) is 14.2. The predicted molar refractivity (Wildman–Crippen MR) is 114 cm³/mol. The number of thiocarbonyl (C=S) groups is 1. The van der Waals surface area contributed by atoms with E-state index in [0.29, 0.717) is 11.7 Å². The Morgan fingerprint density at radius 2 is 1.97 bits per heavy atom. The van der Waals surface area contributed by atoms with Gasteiger partial charge in [-0.3, -0.25) is 4.98 Å². The summed E-state index contributed by atoms with van der Waals surface area (Å²) in [6.45, 7) is 1.43. The number of ether oxygens (including phenoxy) is 1. The van der Waals surface area contributed by atoms with Crippen LogP contribution in [0.2, 0.25) is 0 Å². The van der Waals surface area contributed by atoms with Crippen molar-refractivity contribution >= 4 is 17.3 Å². The SMILES string of the molecule is COCCCN1C(=S)N[C@H](c2ccccn2)[C@H]1c1cccn1-c1ccc(F)cc1. The van der Waals surface area contributed by atoms with Crippen molar-refractivity contribution < 1.29 is 9.13 Å². The summed E-state index contributed by atoms with van der Waals surface area (Å²) in [6, 6.07) is 16.4. The molecule has 1 N–H and O–H groups in total. The Morgan fingerprint density at radius 3 is 2.69 bits per heavy atom. The Labute approximate surface area is 175 Å². The second-order valence-corrected chi connectivity index (χ2v) is 7.33. The number of hydrogen-bond acceptors (Lipinski definition) is 3. The van der Waals surface area contributed by atoms with Gasteiger partial charge in [-0.05, 0) is 67.2 Å². The standard InChI is InChI=1S/C22H23FN4OS/c1-28-15-5-14-27-21(20(25-22(27)29)18-6-2-3-12-24-18)19-7-4-13-26(19)17-10-8-16(23)9-11-17/h2-4,6-13,20-21H,5,14-15H2,1H3,(H,25,29)/t20-,21-/m1/s1. The Bertz CT molecular complexity index is 960. The molecule has 2 aromatic heterocycles. The van der Waals surface area contributed by atoms with Gasteiger partial charge in [-0.1, -0.05) is 6.07 Å². The Hall–Kier alpha value is -2.77. The normalized spacial score (nSPS) is 18.8. The van der Waals surface area contributed by atoms with Crippen molar-refractivity contribution in [1.82, 2.24) is 19.8 Å². The smallest absolute Gasteiger partial charge is 0.170 e. The van der Waals surface area contributed by atoms with Crippen molar-refractivity contribution in [3.63, 3.8) is 0 Å². The van der Waals surface area contributed by atoms with Crippen LogP contribution >= 0.6 is 12.2 Å². The zero-order valence-electron chi connectivity index (χ0n) is 16.2. The van der Waals surface area contributed by atoms with Gasteiger partial charge in [-0.2, -0.15) is 0 Å². The largest absolute Gasteiger partial charge is 0.385 e. The molecule has 29 heavy (non-hydrogen) atoms. The van der Waals surface area contributed by atoms with E-state index in [1.54, 1.807) is 25.4 Å². The first-order valence-electron chi connectivity index (χ1n) is 9.59. The second-order valence-electron chi connectivity index (χ2n) is 6.95. The third kappa shape index (κ3) is 4.02. The number of aromatic nitrogens is 2. The molecule has 0 aliphatic carbocycles. The number of halogens is 1. The van der Waals surface area contributed by atoms with Crippen molar-refractivity contribution in [1.29, 1.82) is 0 Å². The van der Waals surface area contributed by atoms with Crippen molar-refractivity contribution in [2.45, 2.75) is 18.5 Å². The molecule has 1 saturated heterocycles. The molecule has 5 nitrogen and oxygen atoms in total. The maximum absolute atomic E-state index is 13.4. The second kappa shape index (κ2) is 8.71. The molecule has 3 heterocycles. The van der Waals surface area contributed by atoms with E-state index in [1.807, 2.05) is 30.5 Å². The van der Waals surface area contributed by atoms with Crippen molar-refractivity contribution in [2.75, 3.05) is 20.3 Å². The molecule has 150 valence electrons. The van der Waals surface area contributed by atoms with E-state index in [1.165, 1.54) is 12.1 Å². The number of nitrogens with one attached hydrogen (secondary N) is 1. The number of rotatable bonds is 7. The van der Waals surface area contributed by atoms with Crippen LogP contribution in [0.15, 0.2) is 67.0 Å². The lowest BCUT2D eigenvalue weighted by atomic mass is 10.0. The van der Waals surface area contributed by atoms with Gasteiger partial charge in [0.05, 0.1) is 17.8 Å². The monoisotopic (exact) mass is 410 g/mol. The van der Waals surface area contributed by atoms with E-state index in [9.17, 15) is 4.39 Å². The molecule has 0 amide bonds. The van der Waals surface area contributed by atoms with Crippen LogP contribution in [0.4, 0.5) is 4.39 Å². The fourth-order valence-electron chi connectivity index (χ4n) is 3.82. The maximum atomic E-state index is 13.4. The van der Waals surface area contributed by atoms with E-state index in [0.717, 1.165) is 30.0 Å². The highest BCUT2D eigenvalue weighted by Crippen LogP contribution is 2.39. The Balaban J connectivity index is 1.75. The minimum Gasteiger partial charge on any atom is -0.385 e. The number of methoxy groups -OCH3 is 1. The molecule has 0 radical (unpaired) electrons. The summed E-state index contributed by atoms with van der Waals surface area (Å²) in [5.74, 6) is -0.251. The first-order valence-corrected chi connectivity index (χ1v) is 10.00. The summed E-state index contributed by atoms with van der Waals surface area (Å²) >= 11 is 5.68. The summed E-state index contributed by atoms with van der Waals surface area (Å²) < 4.78 is 20.8. The van der Waals surface area contributed by atoms with Gasteiger partial charge in [0.15, 0.2) is 5.11 Å². The Morgan fingerprint density at radius 1 is 1.14 bits per heavy atom. The molecule has 2 atom stereocenters. The van der Waals surface area contributed by atoms with Crippen LogP contribution in [-0.4, -0.2) is 39.8 Å². The fourth-order valence-corrected chi connectivity index (χ4v) is 4.15. The third-order valence-electron chi connectivity index (χ3n) is 5.13. The molecular formula is C22H23FN4OS. The van der Waals surface area contributed by atoms with Crippen LogP contribution in [0.5, 0.6) is 0 Å². The highest BCUT2D eigenvalue weighted by atomic mass is 32.1. The van der Waals surface area contributed by atoms with Gasteiger partial charge in [-0.25, -0.2) is 4.39 Å². The Kier molecular flexibility index (Phi) is 5.87. The summed E-state index contributed by atoms with van der Waals surface area (Å²) in [6.07, 6.45) is 4.65. The summed E-state index contributed by atoms with van der Waals surface area (Å²) in [4.78, 5) is 6.77. The third-order valence-corrected chi connectivity index (χ3v) is 5.49. The van der Waals surface area contributed by atoms with E-state index >= 15 is 0 Å². The summed E-state index contributed by atoms with van der Waals surface area (Å²) in [7, 11) is 1.70. The molecule has 1 aromatic carbocycles. The van der Waals surface area contributed by atoms with Crippen LogP contribution in [0.25, 0.3) is 5.69 Å². The molecule has 0 bridgehead atoms. The van der Waals surface area contributed by atoms with Gasteiger partial charge >= 0.3 is 0 Å². The average Bonchev–Trinajstić information content (AvgIpc) is 3.34. The number of nitrogens with zero attached hydrogens (tertiary/aromatic N) is 3. The number of benzene rings is 1. The van der Waals surface area contributed by atoms with Crippen LogP contribution in [-0.2, 0) is 4.74 Å². The first kappa shape index (κ1) is 19.5. The van der Waals surface area contributed by atoms with Gasteiger partial charge in [0.2, 0.25) is 0 Å². The van der Waals surface area contributed by atoms with Crippen molar-refractivity contribution in [2.24, 2.45) is 0 Å². The molecule has 4 rings (SSSR count). The highest BCUT2D eigenvalue weighted by Gasteiger charge is 2.40. The lowest BCUT2D eigenvalue weighted by Gasteiger charge is -2.29. The lowest BCUT2D eigenvalue weighted by molar-refractivity contribution is 0.180. The van der Waals surface area contributed by atoms with Crippen LogP contribution < -0.4 is 5.32 Å². The van der Waals surface area contributed by atoms with Gasteiger partial charge in [0.25, 0.3) is 0 Å². The molecule has 1 aliphatic rings. The van der Waals surface area contributed by atoms with Crippen LogP contribution in [0, 0.1) is 5.82 Å². The fraction of sp³-hybridized carbons (Fsp3) is 0.273. The van der Waals surface area contributed by atoms with Crippen LogP contribution in [0.1, 0.15) is 29.9 Å². The van der Waals surface area contributed by atoms with Gasteiger partial charge in [-0.15, -0.1) is 0 Å².